The van der Waals surface area contributed by atoms with Crippen LogP contribution >= 0.6 is 22.9 Å². The van der Waals surface area contributed by atoms with Gasteiger partial charge < -0.3 is 10.6 Å². The van der Waals surface area contributed by atoms with Gasteiger partial charge in [0.1, 0.15) is 0 Å². The number of aromatic nitrogens is 3. The van der Waals surface area contributed by atoms with Crippen LogP contribution in [0.2, 0.25) is 5.02 Å². The Bertz CT molecular complexity index is 919. The topological polar surface area (TPSA) is 91.6 Å². The Hall–Kier alpha value is -2.65. The van der Waals surface area contributed by atoms with Gasteiger partial charge in [0, 0.05) is 23.7 Å². The van der Waals surface area contributed by atoms with E-state index in [-0.39, 0.29) is 18.5 Å². The number of amides is 3. The Morgan fingerprint density at radius 3 is 2.77 bits per heavy atom. The van der Waals surface area contributed by atoms with E-state index in [1.807, 2.05) is 30.5 Å². The monoisotopic (exact) mass is 390 g/mol. The molecule has 0 atom stereocenters. The molecule has 1 aromatic carbocycles. The van der Waals surface area contributed by atoms with E-state index in [1.165, 1.54) is 16.2 Å². The Labute approximate surface area is 157 Å². The zero-order chi connectivity index (χ0) is 18.1. The molecule has 10 heteroatoms. The molecule has 0 unspecified atom stereocenters. The van der Waals surface area contributed by atoms with Gasteiger partial charge in [0.15, 0.2) is 0 Å². The van der Waals surface area contributed by atoms with Gasteiger partial charge in [-0.1, -0.05) is 35.1 Å². The van der Waals surface area contributed by atoms with Gasteiger partial charge >= 0.3 is 6.03 Å². The van der Waals surface area contributed by atoms with E-state index < -0.39 is 0 Å². The molecular weight excluding hydrogens is 376 g/mol. The van der Waals surface area contributed by atoms with Crippen LogP contribution in [0.3, 0.4) is 0 Å². The Balaban J connectivity index is 1.35. The molecule has 2 N–H and O–H groups in total. The van der Waals surface area contributed by atoms with Crippen LogP contribution in [0.25, 0.3) is 16.2 Å². The van der Waals surface area contributed by atoms with E-state index in [1.54, 1.807) is 4.52 Å². The number of imide groups is 1. The lowest BCUT2D eigenvalue weighted by molar-refractivity contribution is -0.124. The summed E-state index contributed by atoms with van der Waals surface area (Å²) in [5.41, 5.74) is 1.82. The van der Waals surface area contributed by atoms with Gasteiger partial charge in [-0.25, -0.2) is 14.3 Å². The number of fused-ring (bicyclic) bond motifs is 1. The number of carbonyl (C=O) groups is 2. The van der Waals surface area contributed by atoms with Crippen molar-refractivity contribution in [2.24, 2.45) is 0 Å². The molecule has 1 saturated heterocycles. The molecule has 1 aliphatic heterocycles. The number of benzene rings is 1. The van der Waals surface area contributed by atoms with Crippen LogP contribution in [0, 0.1) is 0 Å². The second-order valence-corrected chi connectivity index (χ2v) is 7.14. The molecule has 26 heavy (non-hydrogen) atoms. The maximum Gasteiger partial charge on any atom is 0.324 e. The van der Waals surface area contributed by atoms with Crippen molar-refractivity contribution >= 4 is 45.0 Å². The summed E-state index contributed by atoms with van der Waals surface area (Å²) < 4.78 is 1.73. The van der Waals surface area contributed by atoms with Crippen molar-refractivity contribution in [2.45, 2.75) is 6.42 Å². The summed E-state index contributed by atoms with van der Waals surface area (Å²) >= 11 is 7.35. The fourth-order valence-electron chi connectivity index (χ4n) is 2.65. The molecule has 0 saturated carbocycles. The van der Waals surface area contributed by atoms with Crippen molar-refractivity contribution in [1.29, 1.82) is 0 Å². The highest BCUT2D eigenvalue weighted by Crippen LogP contribution is 2.25. The first kappa shape index (κ1) is 16.8. The number of imidazole rings is 1. The van der Waals surface area contributed by atoms with E-state index in [4.69, 9.17) is 11.6 Å². The molecular formula is C16H15ClN6O2S. The smallest absolute Gasteiger partial charge is 0.324 e. The van der Waals surface area contributed by atoms with E-state index in [9.17, 15) is 9.59 Å². The molecule has 0 spiro atoms. The molecule has 1 fully saturated rings. The first-order valence-electron chi connectivity index (χ1n) is 8.04. The van der Waals surface area contributed by atoms with Crippen LogP contribution in [0.5, 0.6) is 0 Å². The van der Waals surface area contributed by atoms with Crippen LogP contribution in [0.15, 0.2) is 30.5 Å². The second kappa shape index (κ2) is 6.93. The van der Waals surface area contributed by atoms with Gasteiger partial charge in [-0.05, 0) is 18.6 Å². The Morgan fingerprint density at radius 2 is 2.08 bits per heavy atom. The predicted octanol–water partition coefficient (Wildman–Crippen LogP) is 2.47. The molecule has 0 aliphatic carbocycles. The minimum atomic E-state index is -0.322. The zero-order valence-electron chi connectivity index (χ0n) is 13.6. The summed E-state index contributed by atoms with van der Waals surface area (Å²) in [6, 6.07) is 7.18. The summed E-state index contributed by atoms with van der Waals surface area (Å²) in [6.45, 7) is 1.09. The number of urea groups is 1. The van der Waals surface area contributed by atoms with Crippen LogP contribution in [-0.4, -0.2) is 51.1 Å². The summed E-state index contributed by atoms with van der Waals surface area (Å²) in [5, 5.41) is 11.6. The predicted molar refractivity (Wildman–Crippen MR) is 99.5 cm³/mol. The van der Waals surface area contributed by atoms with Gasteiger partial charge in [-0.2, -0.15) is 0 Å². The standard InChI is InChI=1S/C16H15ClN6O2S/c17-11-4-2-10(3-5-11)12-9-23-16(20-12)26-14(21-23)18-6-1-7-22-13(24)8-19-15(22)25/h2-5,9H,1,6-8H2,(H,18,21)(H,19,25). The molecule has 3 aromatic rings. The zero-order valence-corrected chi connectivity index (χ0v) is 15.2. The molecule has 0 radical (unpaired) electrons. The second-order valence-electron chi connectivity index (χ2n) is 5.75. The summed E-state index contributed by atoms with van der Waals surface area (Å²) in [6.07, 6.45) is 2.52. The number of halogens is 1. The maximum atomic E-state index is 11.5. The molecule has 134 valence electrons. The lowest BCUT2D eigenvalue weighted by Gasteiger charge is -2.11. The minimum absolute atomic E-state index is 0.0892. The van der Waals surface area contributed by atoms with Crippen molar-refractivity contribution in [2.75, 3.05) is 25.0 Å². The van der Waals surface area contributed by atoms with Crippen molar-refractivity contribution in [3.63, 3.8) is 0 Å². The number of hydrogen-bond donors (Lipinski definition) is 2. The number of nitrogens with zero attached hydrogens (tertiary/aromatic N) is 4. The van der Waals surface area contributed by atoms with Gasteiger partial charge in [0.25, 0.3) is 0 Å². The summed E-state index contributed by atoms with van der Waals surface area (Å²) in [7, 11) is 0. The van der Waals surface area contributed by atoms with Crippen LogP contribution in [0.1, 0.15) is 6.42 Å². The number of hydrogen-bond acceptors (Lipinski definition) is 6. The minimum Gasteiger partial charge on any atom is -0.360 e. The number of carbonyl (C=O) groups excluding carboxylic acids is 2. The largest absolute Gasteiger partial charge is 0.360 e. The highest BCUT2D eigenvalue weighted by atomic mass is 35.5. The normalized spacial score (nSPS) is 14.3. The van der Waals surface area contributed by atoms with E-state index >= 15 is 0 Å². The third-order valence-corrected chi connectivity index (χ3v) is 5.09. The average molecular weight is 391 g/mol. The quantitative estimate of drug-likeness (QED) is 0.498. The molecule has 0 bridgehead atoms. The first-order chi connectivity index (χ1) is 12.6. The van der Waals surface area contributed by atoms with Gasteiger partial charge in [-0.3, -0.25) is 9.69 Å². The molecule has 1 aliphatic rings. The van der Waals surface area contributed by atoms with Gasteiger partial charge in [0.05, 0.1) is 18.4 Å². The maximum absolute atomic E-state index is 11.5. The van der Waals surface area contributed by atoms with Crippen LogP contribution in [-0.2, 0) is 4.79 Å². The molecule has 8 nitrogen and oxygen atoms in total. The number of anilines is 1. The average Bonchev–Trinajstić information content (AvgIpc) is 3.27. The molecule has 3 amide bonds. The lowest BCUT2D eigenvalue weighted by Crippen LogP contribution is -2.32. The van der Waals surface area contributed by atoms with Crippen molar-refractivity contribution in [1.82, 2.24) is 24.8 Å². The third kappa shape index (κ3) is 3.35. The molecule has 2 aromatic heterocycles. The van der Waals surface area contributed by atoms with Crippen LogP contribution in [0.4, 0.5) is 9.93 Å². The fourth-order valence-corrected chi connectivity index (χ4v) is 3.58. The lowest BCUT2D eigenvalue weighted by atomic mass is 10.2. The Morgan fingerprint density at radius 1 is 1.27 bits per heavy atom. The Kier molecular flexibility index (Phi) is 4.48. The van der Waals surface area contributed by atoms with E-state index in [0.29, 0.717) is 24.5 Å². The molecule has 3 heterocycles. The highest BCUT2D eigenvalue weighted by Gasteiger charge is 2.27. The summed E-state index contributed by atoms with van der Waals surface area (Å²) in [5.74, 6) is -0.183. The van der Waals surface area contributed by atoms with Gasteiger partial charge in [-0.15, -0.1) is 5.10 Å². The third-order valence-electron chi connectivity index (χ3n) is 3.95. The van der Waals surface area contributed by atoms with Gasteiger partial charge in [0.2, 0.25) is 16.0 Å². The van der Waals surface area contributed by atoms with E-state index in [0.717, 1.165) is 21.3 Å². The van der Waals surface area contributed by atoms with Crippen LogP contribution < -0.4 is 10.6 Å². The van der Waals surface area contributed by atoms with Crippen molar-refractivity contribution < 1.29 is 9.59 Å². The van der Waals surface area contributed by atoms with E-state index in [2.05, 4.69) is 20.7 Å². The summed E-state index contributed by atoms with van der Waals surface area (Å²) in [4.78, 5) is 29.5. The number of rotatable bonds is 6. The van der Waals surface area contributed by atoms with Crippen molar-refractivity contribution in [3.05, 3.63) is 35.5 Å². The molecule has 4 rings (SSSR count). The fraction of sp³-hybridized carbons (Fsp3) is 0.250. The number of nitrogens with one attached hydrogen (secondary N) is 2. The van der Waals surface area contributed by atoms with Crippen molar-refractivity contribution in [3.8, 4) is 11.3 Å². The SMILES string of the molecule is O=C1CNC(=O)N1CCCNc1nn2cc(-c3ccc(Cl)cc3)nc2s1. The highest BCUT2D eigenvalue weighted by molar-refractivity contribution is 7.20. The first-order valence-corrected chi connectivity index (χ1v) is 9.24.